The maximum absolute atomic E-state index is 12.5. The summed E-state index contributed by atoms with van der Waals surface area (Å²) < 4.78 is 10.7. The van der Waals surface area contributed by atoms with Gasteiger partial charge in [-0.15, -0.1) is 0 Å². The van der Waals surface area contributed by atoms with Gasteiger partial charge in [-0.2, -0.15) is 0 Å². The lowest BCUT2D eigenvalue weighted by atomic mass is 9.97. The van der Waals surface area contributed by atoms with Gasteiger partial charge in [-0.05, 0) is 31.0 Å². The number of fused-ring (bicyclic) bond motifs is 1. The molecule has 30 heavy (non-hydrogen) atoms. The molecule has 2 amide bonds. The second-order valence-corrected chi connectivity index (χ2v) is 7.27. The van der Waals surface area contributed by atoms with Crippen LogP contribution >= 0.6 is 0 Å². The monoisotopic (exact) mass is 407 g/mol. The highest BCUT2D eigenvalue weighted by atomic mass is 16.5. The highest BCUT2D eigenvalue weighted by molar-refractivity contribution is 5.99. The van der Waals surface area contributed by atoms with Gasteiger partial charge < -0.3 is 19.9 Å². The van der Waals surface area contributed by atoms with Crippen molar-refractivity contribution in [2.75, 3.05) is 19.7 Å². The van der Waals surface area contributed by atoms with E-state index in [4.69, 9.17) is 15.0 Å². The smallest absolute Gasteiger partial charge is 0.338 e. The molecular weight excluding hydrogens is 386 g/mol. The van der Waals surface area contributed by atoms with Crippen molar-refractivity contribution >= 4 is 28.7 Å². The maximum Gasteiger partial charge on any atom is 0.338 e. The first kappa shape index (κ1) is 19.6. The van der Waals surface area contributed by atoms with E-state index >= 15 is 0 Å². The van der Waals surface area contributed by atoms with Gasteiger partial charge in [0.2, 0.25) is 5.91 Å². The summed E-state index contributed by atoms with van der Waals surface area (Å²) in [4.78, 5) is 37.8. The standard InChI is InChI=1S/C22H21N3O5/c23-21(27)16-7-4-10-25(12-16)19(26)13-29-22(28)15-8-9-18-17(11-15)20(30-24-18)14-5-2-1-3-6-14/h1-3,5-6,8-9,11,16H,4,7,10,12-13H2,(H2,23,27)/t16-/m0/s1. The molecule has 0 spiro atoms. The van der Waals surface area contributed by atoms with Gasteiger partial charge in [-0.1, -0.05) is 35.5 Å². The van der Waals surface area contributed by atoms with Gasteiger partial charge in [0.15, 0.2) is 12.4 Å². The third-order valence-corrected chi connectivity index (χ3v) is 5.25. The van der Waals surface area contributed by atoms with Gasteiger partial charge in [0.1, 0.15) is 5.52 Å². The second kappa shape index (κ2) is 8.36. The van der Waals surface area contributed by atoms with Crippen LogP contribution in [0, 0.1) is 5.92 Å². The fourth-order valence-electron chi connectivity index (χ4n) is 3.60. The number of benzene rings is 2. The molecule has 8 heteroatoms. The normalized spacial score (nSPS) is 16.4. The molecule has 0 unspecified atom stereocenters. The molecule has 0 radical (unpaired) electrons. The Kier molecular flexibility index (Phi) is 5.47. The molecule has 0 saturated carbocycles. The minimum absolute atomic E-state index is 0.263. The van der Waals surface area contributed by atoms with E-state index in [0.717, 1.165) is 5.56 Å². The Labute approximate surface area is 172 Å². The first-order valence-corrected chi connectivity index (χ1v) is 9.72. The van der Waals surface area contributed by atoms with Gasteiger partial charge in [-0.25, -0.2) is 4.79 Å². The third kappa shape index (κ3) is 4.03. The van der Waals surface area contributed by atoms with E-state index in [1.54, 1.807) is 18.2 Å². The summed E-state index contributed by atoms with van der Waals surface area (Å²) >= 11 is 0. The minimum Gasteiger partial charge on any atom is -0.452 e. The fourth-order valence-corrected chi connectivity index (χ4v) is 3.60. The van der Waals surface area contributed by atoms with E-state index in [2.05, 4.69) is 5.16 Å². The number of hydrogen-bond donors (Lipinski definition) is 1. The zero-order chi connectivity index (χ0) is 21.1. The number of carbonyl (C=O) groups excluding carboxylic acids is 3. The topological polar surface area (TPSA) is 116 Å². The zero-order valence-corrected chi connectivity index (χ0v) is 16.2. The largest absolute Gasteiger partial charge is 0.452 e. The summed E-state index contributed by atoms with van der Waals surface area (Å²) in [6.45, 7) is 0.392. The molecule has 154 valence electrons. The van der Waals surface area contributed by atoms with Gasteiger partial charge in [0, 0.05) is 18.7 Å². The van der Waals surface area contributed by atoms with E-state index < -0.39 is 18.5 Å². The predicted molar refractivity (Wildman–Crippen MR) is 108 cm³/mol. The molecule has 4 rings (SSSR count). The summed E-state index contributed by atoms with van der Waals surface area (Å²) in [5.74, 6) is -1.17. The molecule has 1 aliphatic heterocycles. The molecule has 1 atom stereocenters. The number of esters is 1. The molecule has 2 aromatic carbocycles. The lowest BCUT2D eigenvalue weighted by molar-refractivity contribution is -0.137. The molecule has 1 aromatic heterocycles. The first-order valence-electron chi connectivity index (χ1n) is 9.72. The molecule has 3 aromatic rings. The quantitative estimate of drug-likeness (QED) is 0.649. The molecule has 2 heterocycles. The van der Waals surface area contributed by atoms with Crippen LogP contribution in [-0.2, 0) is 14.3 Å². The molecule has 8 nitrogen and oxygen atoms in total. The lowest BCUT2D eigenvalue weighted by Gasteiger charge is -2.31. The first-order chi connectivity index (χ1) is 14.5. The van der Waals surface area contributed by atoms with E-state index in [1.165, 1.54) is 4.90 Å². The van der Waals surface area contributed by atoms with Crippen molar-refractivity contribution in [2.45, 2.75) is 12.8 Å². The summed E-state index contributed by atoms with van der Waals surface area (Å²) in [6, 6.07) is 14.3. The molecule has 2 N–H and O–H groups in total. The van der Waals surface area contributed by atoms with Crippen LogP contribution in [0.15, 0.2) is 53.1 Å². The number of nitrogens with two attached hydrogens (primary N) is 1. The van der Waals surface area contributed by atoms with Crippen LogP contribution in [0.2, 0.25) is 0 Å². The SMILES string of the molecule is NC(=O)[C@H]1CCCN(C(=O)COC(=O)c2ccc3noc(-c4ccccc4)c3c2)C1. The van der Waals surface area contributed by atoms with Crippen LogP contribution in [0.1, 0.15) is 23.2 Å². The van der Waals surface area contributed by atoms with E-state index in [-0.39, 0.29) is 18.4 Å². The van der Waals surface area contributed by atoms with Gasteiger partial charge in [0.05, 0.1) is 16.9 Å². The van der Waals surface area contributed by atoms with Crippen molar-refractivity contribution in [1.82, 2.24) is 10.1 Å². The molecule has 0 aliphatic carbocycles. The summed E-state index contributed by atoms with van der Waals surface area (Å²) in [5, 5.41) is 4.71. The number of nitrogens with zero attached hydrogens (tertiary/aromatic N) is 2. The van der Waals surface area contributed by atoms with Crippen LogP contribution in [0.4, 0.5) is 0 Å². The predicted octanol–water partition coefficient (Wildman–Crippen LogP) is 2.38. The number of hydrogen-bond acceptors (Lipinski definition) is 6. The highest BCUT2D eigenvalue weighted by Gasteiger charge is 2.27. The molecule has 1 saturated heterocycles. The minimum atomic E-state index is -0.617. The van der Waals surface area contributed by atoms with Crippen LogP contribution in [0.25, 0.3) is 22.2 Å². The van der Waals surface area contributed by atoms with Crippen LogP contribution in [0.3, 0.4) is 0 Å². The van der Waals surface area contributed by atoms with Crippen molar-refractivity contribution in [3.63, 3.8) is 0 Å². The maximum atomic E-state index is 12.5. The Bertz CT molecular complexity index is 1090. The van der Waals surface area contributed by atoms with Crippen molar-refractivity contribution < 1.29 is 23.6 Å². The van der Waals surface area contributed by atoms with Crippen molar-refractivity contribution in [2.24, 2.45) is 11.7 Å². The number of carbonyl (C=O) groups is 3. The summed E-state index contributed by atoms with van der Waals surface area (Å²) in [6.07, 6.45) is 1.36. The Balaban J connectivity index is 1.45. The highest BCUT2D eigenvalue weighted by Crippen LogP contribution is 2.29. The lowest BCUT2D eigenvalue weighted by Crippen LogP contribution is -2.45. The molecule has 0 bridgehead atoms. The van der Waals surface area contributed by atoms with Gasteiger partial charge in [-0.3, -0.25) is 9.59 Å². The van der Waals surface area contributed by atoms with Crippen molar-refractivity contribution in [3.8, 4) is 11.3 Å². The fraction of sp³-hybridized carbons (Fsp3) is 0.273. The molecule has 1 fully saturated rings. The molecule has 1 aliphatic rings. The Hall–Kier alpha value is -3.68. The summed E-state index contributed by atoms with van der Waals surface area (Å²) in [5.41, 5.74) is 7.10. The Morgan fingerprint density at radius 3 is 2.73 bits per heavy atom. The average molecular weight is 407 g/mol. The second-order valence-electron chi connectivity index (χ2n) is 7.27. The third-order valence-electron chi connectivity index (χ3n) is 5.25. The van der Waals surface area contributed by atoms with E-state index in [1.807, 2.05) is 30.3 Å². The number of piperidine rings is 1. The number of rotatable bonds is 5. The van der Waals surface area contributed by atoms with Crippen LogP contribution in [-0.4, -0.2) is 47.5 Å². The Morgan fingerprint density at radius 2 is 1.97 bits per heavy atom. The van der Waals surface area contributed by atoms with E-state index in [0.29, 0.717) is 41.6 Å². The average Bonchev–Trinajstić information content (AvgIpc) is 3.21. The van der Waals surface area contributed by atoms with Crippen molar-refractivity contribution in [1.29, 1.82) is 0 Å². The number of amides is 2. The van der Waals surface area contributed by atoms with Crippen molar-refractivity contribution in [3.05, 3.63) is 54.1 Å². The number of primary amides is 1. The number of likely N-dealkylation sites (tertiary alicyclic amines) is 1. The van der Waals surface area contributed by atoms with E-state index in [9.17, 15) is 14.4 Å². The Morgan fingerprint density at radius 1 is 1.17 bits per heavy atom. The van der Waals surface area contributed by atoms with Crippen LogP contribution in [0.5, 0.6) is 0 Å². The molecular formula is C22H21N3O5. The summed E-state index contributed by atoms with van der Waals surface area (Å²) in [7, 11) is 0. The zero-order valence-electron chi connectivity index (χ0n) is 16.2. The number of ether oxygens (including phenoxy) is 1. The van der Waals surface area contributed by atoms with Crippen LogP contribution < -0.4 is 5.73 Å². The van der Waals surface area contributed by atoms with Gasteiger partial charge >= 0.3 is 5.97 Å². The van der Waals surface area contributed by atoms with Gasteiger partial charge in [0.25, 0.3) is 5.91 Å². The number of aromatic nitrogens is 1.